The molecule has 172 valence electrons. The molecule has 1 aliphatic rings. The molecule has 5 rings (SSSR count). The second-order valence-electron chi connectivity index (χ2n) is 8.13. The van der Waals surface area contributed by atoms with Crippen LogP contribution in [0.15, 0.2) is 82.1 Å². The highest BCUT2D eigenvalue weighted by molar-refractivity contribution is 5.92. The Morgan fingerprint density at radius 1 is 0.912 bits per heavy atom. The number of nitrogens with zero attached hydrogens (tertiary/aromatic N) is 6. The molecule has 0 bridgehead atoms. The fourth-order valence-electron chi connectivity index (χ4n) is 4.02. The Labute approximate surface area is 196 Å². The van der Waals surface area contributed by atoms with Gasteiger partial charge in [0.05, 0.1) is 11.7 Å². The lowest BCUT2D eigenvalue weighted by Gasteiger charge is -2.36. The van der Waals surface area contributed by atoms with Gasteiger partial charge in [0, 0.05) is 37.8 Å². The number of hydrogen-bond acceptors (Lipinski definition) is 7. The van der Waals surface area contributed by atoms with E-state index in [1.807, 2.05) is 55.5 Å². The van der Waals surface area contributed by atoms with Crippen molar-refractivity contribution in [3.8, 4) is 17.1 Å². The maximum atomic E-state index is 13.1. The fraction of sp³-hybridized carbons (Fsp3) is 0.240. The summed E-state index contributed by atoms with van der Waals surface area (Å²) in [6.45, 7) is 4.42. The SMILES string of the molecule is CC(c1nc(-c2ccccc2)no1)N1CCN(C(=O)c2ccc(=O)n(-c3ccccc3)n2)CC1. The second-order valence-corrected chi connectivity index (χ2v) is 8.13. The molecule has 4 aromatic rings. The maximum Gasteiger partial charge on any atom is 0.274 e. The third-order valence-electron chi connectivity index (χ3n) is 6.00. The first-order valence-electron chi connectivity index (χ1n) is 11.2. The summed E-state index contributed by atoms with van der Waals surface area (Å²) in [7, 11) is 0. The standard InChI is InChI=1S/C25H24N6O3/c1-18(24-26-23(28-34-24)19-8-4-2-5-9-19)29-14-16-30(17-15-29)25(33)21-12-13-22(32)31(27-21)20-10-6-3-7-11-20/h2-13,18H,14-17H2,1H3. The highest BCUT2D eigenvalue weighted by Crippen LogP contribution is 2.23. The van der Waals surface area contributed by atoms with Crippen molar-refractivity contribution in [1.82, 2.24) is 29.7 Å². The van der Waals surface area contributed by atoms with Crippen LogP contribution in [-0.2, 0) is 0 Å². The Morgan fingerprint density at radius 3 is 2.29 bits per heavy atom. The predicted octanol–water partition coefficient (Wildman–Crippen LogP) is 2.80. The van der Waals surface area contributed by atoms with E-state index < -0.39 is 0 Å². The van der Waals surface area contributed by atoms with Gasteiger partial charge in [-0.15, -0.1) is 0 Å². The summed E-state index contributed by atoms with van der Waals surface area (Å²) in [4.78, 5) is 33.9. The van der Waals surface area contributed by atoms with Crippen molar-refractivity contribution >= 4 is 5.91 Å². The number of benzene rings is 2. The van der Waals surface area contributed by atoms with E-state index in [1.165, 1.54) is 16.8 Å². The van der Waals surface area contributed by atoms with Crippen molar-refractivity contribution in [1.29, 1.82) is 0 Å². The van der Waals surface area contributed by atoms with Gasteiger partial charge in [-0.25, -0.2) is 0 Å². The molecule has 1 aliphatic heterocycles. The van der Waals surface area contributed by atoms with E-state index in [-0.39, 0.29) is 23.2 Å². The van der Waals surface area contributed by atoms with Crippen molar-refractivity contribution in [2.75, 3.05) is 26.2 Å². The van der Waals surface area contributed by atoms with Crippen LogP contribution >= 0.6 is 0 Å². The zero-order valence-corrected chi connectivity index (χ0v) is 18.7. The monoisotopic (exact) mass is 456 g/mol. The predicted molar refractivity (Wildman–Crippen MR) is 125 cm³/mol. The number of piperazine rings is 1. The summed E-state index contributed by atoms with van der Waals surface area (Å²) in [5.74, 6) is 0.923. The van der Waals surface area contributed by atoms with E-state index in [9.17, 15) is 9.59 Å². The van der Waals surface area contributed by atoms with E-state index in [0.717, 1.165) is 5.56 Å². The molecule has 1 saturated heterocycles. The Kier molecular flexibility index (Phi) is 6.01. The summed E-state index contributed by atoms with van der Waals surface area (Å²) in [6.07, 6.45) is 0. The van der Waals surface area contributed by atoms with Crippen LogP contribution in [0.1, 0.15) is 29.3 Å². The van der Waals surface area contributed by atoms with Crippen LogP contribution in [-0.4, -0.2) is 61.8 Å². The number of amides is 1. The van der Waals surface area contributed by atoms with E-state index in [1.54, 1.807) is 17.0 Å². The first-order valence-corrected chi connectivity index (χ1v) is 11.2. The van der Waals surface area contributed by atoms with Crippen LogP contribution < -0.4 is 5.56 Å². The molecule has 9 nitrogen and oxygen atoms in total. The molecular formula is C25H24N6O3. The van der Waals surface area contributed by atoms with Crippen LogP contribution in [0, 0.1) is 0 Å². The van der Waals surface area contributed by atoms with E-state index in [0.29, 0.717) is 43.6 Å². The van der Waals surface area contributed by atoms with E-state index in [2.05, 4.69) is 20.1 Å². The van der Waals surface area contributed by atoms with Crippen LogP contribution in [0.3, 0.4) is 0 Å². The van der Waals surface area contributed by atoms with Gasteiger partial charge in [0.2, 0.25) is 11.7 Å². The largest absolute Gasteiger partial charge is 0.337 e. The number of rotatable bonds is 5. The lowest BCUT2D eigenvalue weighted by atomic mass is 10.2. The van der Waals surface area contributed by atoms with Crippen LogP contribution in [0.4, 0.5) is 0 Å². The van der Waals surface area contributed by atoms with Gasteiger partial charge in [-0.05, 0) is 25.1 Å². The minimum Gasteiger partial charge on any atom is -0.337 e. The molecule has 1 atom stereocenters. The zero-order valence-electron chi connectivity index (χ0n) is 18.7. The topological polar surface area (TPSA) is 97.4 Å². The molecule has 34 heavy (non-hydrogen) atoms. The van der Waals surface area contributed by atoms with Gasteiger partial charge in [0.1, 0.15) is 5.69 Å². The van der Waals surface area contributed by atoms with Gasteiger partial charge in [-0.2, -0.15) is 14.8 Å². The number of aromatic nitrogens is 4. The van der Waals surface area contributed by atoms with Gasteiger partial charge in [0.15, 0.2) is 0 Å². The summed E-state index contributed by atoms with van der Waals surface area (Å²) in [6, 6.07) is 21.6. The summed E-state index contributed by atoms with van der Waals surface area (Å²) < 4.78 is 6.77. The molecule has 0 aliphatic carbocycles. The number of hydrogen-bond donors (Lipinski definition) is 0. The fourth-order valence-corrected chi connectivity index (χ4v) is 4.02. The molecule has 1 unspecified atom stereocenters. The normalized spacial score (nSPS) is 15.3. The average molecular weight is 457 g/mol. The lowest BCUT2D eigenvalue weighted by molar-refractivity contribution is 0.0544. The van der Waals surface area contributed by atoms with Crippen molar-refractivity contribution in [3.63, 3.8) is 0 Å². The third kappa shape index (κ3) is 4.38. The molecule has 2 aromatic carbocycles. The Morgan fingerprint density at radius 2 is 1.59 bits per heavy atom. The van der Waals surface area contributed by atoms with Crippen molar-refractivity contribution in [3.05, 3.63) is 94.7 Å². The van der Waals surface area contributed by atoms with Crippen molar-refractivity contribution in [2.45, 2.75) is 13.0 Å². The minimum absolute atomic E-state index is 0.0691. The highest BCUT2D eigenvalue weighted by Gasteiger charge is 2.29. The second kappa shape index (κ2) is 9.40. The summed E-state index contributed by atoms with van der Waals surface area (Å²) in [5, 5.41) is 8.43. The molecule has 1 amide bonds. The van der Waals surface area contributed by atoms with Gasteiger partial charge in [-0.3, -0.25) is 14.5 Å². The van der Waals surface area contributed by atoms with E-state index in [4.69, 9.17) is 4.52 Å². The van der Waals surface area contributed by atoms with Gasteiger partial charge in [-0.1, -0.05) is 53.7 Å². The minimum atomic E-state index is -0.282. The molecule has 9 heteroatoms. The molecule has 2 aromatic heterocycles. The molecule has 3 heterocycles. The van der Waals surface area contributed by atoms with Crippen LogP contribution in [0.2, 0.25) is 0 Å². The van der Waals surface area contributed by atoms with Crippen molar-refractivity contribution < 1.29 is 9.32 Å². The van der Waals surface area contributed by atoms with Gasteiger partial charge in [0.25, 0.3) is 11.5 Å². The van der Waals surface area contributed by atoms with Gasteiger partial charge >= 0.3 is 0 Å². The number of carbonyl (C=O) groups is 1. The Bertz CT molecular complexity index is 1330. The quantitative estimate of drug-likeness (QED) is 0.455. The van der Waals surface area contributed by atoms with Crippen LogP contribution in [0.5, 0.6) is 0 Å². The first-order chi connectivity index (χ1) is 16.6. The molecule has 0 saturated carbocycles. The first kappa shape index (κ1) is 21.7. The van der Waals surface area contributed by atoms with Crippen molar-refractivity contribution in [2.24, 2.45) is 0 Å². The smallest absolute Gasteiger partial charge is 0.274 e. The van der Waals surface area contributed by atoms with Crippen LogP contribution in [0.25, 0.3) is 17.1 Å². The Hall–Kier alpha value is -4.11. The highest BCUT2D eigenvalue weighted by atomic mass is 16.5. The van der Waals surface area contributed by atoms with Gasteiger partial charge < -0.3 is 9.42 Å². The molecule has 0 N–H and O–H groups in total. The Balaban J connectivity index is 1.25. The summed E-state index contributed by atoms with van der Waals surface area (Å²) in [5.41, 5.74) is 1.49. The average Bonchev–Trinajstić information content (AvgIpc) is 3.40. The third-order valence-corrected chi connectivity index (χ3v) is 6.00. The molecule has 0 radical (unpaired) electrons. The lowest BCUT2D eigenvalue weighted by Crippen LogP contribution is -2.49. The molecule has 1 fully saturated rings. The summed E-state index contributed by atoms with van der Waals surface area (Å²) >= 11 is 0. The van der Waals surface area contributed by atoms with E-state index >= 15 is 0 Å². The zero-order chi connectivity index (χ0) is 23.5. The number of para-hydroxylation sites is 1. The molecule has 0 spiro atoms. The molecular weight excluding hydrogens is 432 g/mol. The number of carbonyl (C=O) groups excluding carboxylic acids is 1. The maximum absolute atomic E-state index is 13.1.